The van der Waals surface area contributed by atoms with Crippen molar-refractivity contribution in [2.75, 3.05) is 12.4 Å². The summed E-state index contributed by atoms with van der Waals surface area (Å²) in [5, 5.41) is 14.4. The molecule has 0 bridgehead atoms. The lowest BCUT2D eigenvalue weighted by molar-refractivity contribution is -0.384. The fourth-order valence-corrected chi connectivity index (χ4v) is 2.49. The van der Waals surface area contributed by atoms with Gasteiger partial charge in [0.1, 0.15) is 0 Å². The first-order chi connectivity index (χ1) is 9.19. The minimum absolute atomic E-state index is 0.0205. The van der Waals surface area contributed by atoms with E-state index in [0.717, 1.165) is 0 Å². The van der Waals surface area contributed by atoms with E-state index in [9.17, 15) is 10.1 Å². The highest BCUT2D eigenvalue weighted by Gasteiger charge is 2.42. The molecule has 102 valence electrons. The summed E-state index contributed by atoms with van der Waals surface area (Å²) in [5.74, 6) is 2.05. The van der Waals surface area contributed by atoms with Gasteiger partial charge in [-0.25, -0.2) is 0 Å². The standard InChI is InChI=1S/C13H17N3O3/c1-19-11-7-6-10(16(17)18)13(14-11)15-12(8-2-3-8)9-4-5-9/h6-9,12H,2-5H2,1H3,(H,14,15). The largest absolute Gasteiger partial charge is 0.481 e. The van der Waals surface area contributed by atoms with Gasteiger partial charge in [-0.15, -0.1) is 0 Å². The SMILES string of the molecule is COc1ccc([N+](=O)[O-])c(NC(C2CC2)C2CC2)n1. The molecule has 0 unspecified atom stereocenters. The van der Waals surface area contributed by atoms with Crippen LogP contribution in [0.5, 0.6) is 5.88 Å². The molecule has 1 N–H and O–H groups in total. The van der Waals surface area contributed by atoms with Gasteiger partial charge in [-0.1, -0.05) is 0 Å². The maximum atomic E-state index is 11.1. The monoisotopic (exact) mass is 263 g/mol. The molecule has 2 aliphatic carbocycles. The second-order valence-corrected chi connectivity index (χ2v) is 5.32. The van der Waals surface area contributed by atoms with Gasteiger partial charge in [0, 0.05) is 18.2 Å². The molecule has 0 radical (unpaired) electrons. The van der Waals surface area contributed by atoms with Crippen LogP contribution in [0.3, 0.4) is 0 Å². The van der Waals surface area contributed by atoms with Gasteiger partial charge in [-0.2, -0.15) is 4.98 Å². The fraction of sp³-hybridized carbons (Fsp3) is 0.615. The molecular weight excluding hydrogens is 246 g/mol. The van der Waals surface area contributed by atoms with Gasteiger partial charge in [0.15, 0.2) is 0 Å². The summed E-state index contributed by atoms with van der Waals surface area (Å²) in [5.41, 5.74) is 0.0205. The summed E-state index contributed by atoms with van der Waals surface area (Å²) >= 11 is 0. The van der Waals surface area contributed by atoms with Crippen LogP contribution in [-0.2, 0) is 0 Å². The smallest absolute Gasteiger partial charge is 0.311 e. The fourth-order valence-electron chi connectivity index (χ4n) is 2.49. The molecule has 6 nitrogen and oxygen atoms in total. The van der Waals surface area contributed by atoms with Crippen molar-refractivity contribution in [2.24, 2.45) is 11.8 Å². The first-order valence-electron chi connectivity index (χ1n) is 6.65. The summed E-state index contributed by atoms with van der Waals surface area (Å²) in [6, 6.07) is 3.30. The molecule has 2 saturated carbocycles. The molecule has 1 aromatic heterocycles. The number of ether oxygens (including phenoxy) is 1. The Labute approximate surface area is 111 Å². The molecule has 0 aliphatic heterocycles. The van der Waals surface area contributed by atoms with Crippen molar-refractivity contribution in [2.45, 2.75) is 31.7 Å². The van der Waals surface area contributed by atoms with E-state index >= 15 is 0 Å². The summed E-state index contributed by atoms with van der Waals surface area (Å²) in [7, 11) is 1.51. The first kappa shape index (κ1) is 12.2. The van der Waals surface area contributed by atoms with Gasteiger partial charge in [0.2, 0.25) is 11.7 Å². The highest BCUT2D eigenvalue weighted by molar-refractivity contribution is 5.58. The van der Waals surface area contributed by atoms with E-state index in [-0.39, 0.29) is 5.69 Å². The van der Waals surface area contributed by atoms with Crippen LogP contribution in [0.15, 0.2) is 12.1 Å². The zero-order valence-electron chi connectivity index (χ0n) is 10.8. The summed E-state index contributed by atoms with van der Waals surface area (Å²) in [6.07, 6.45) is 4.86. The second-order valence-electron chi connectivity index (χ2n) is 5.32. The molecule has 1 aromatic rings. The number of aromatic nitrogens is 1. The molecule has 6 heteroatoms. The lowest BCUT2D eigenvalue weighted by atomic mass is 10.1. The van der Waals surface area contributed by atoms with Crippen LogP contribution in [0, 0.1) is 22.0 Å². The maximum absolute atomic E-state index is 11.1. The van der Waals surface area contributed by atoms with Crippen LogP contribution < -0.4 is 10.1 Å². The number of nitrogens with zero attached hydrogens (tertiary/aromatic N) is 2. The van der Waals surface area contributed by atoms with Crippen molar-refractivity contribution in [1.82, 2.24) is 4.98 Å². The Hall–Kier alpha value is -1.85. The molecule has 3 rings (SSSR count). The third kappa shape index (κ3) is 2.62. The van der Waals surface area contributed by atoms with Gasteiger partial charge in [-0.05, 0) is 37.5 Å². The highest BCUT2D eigenvalue weighted by Crippen LogP contribution is 2.46. The van der Waals surface area contributed by atoms with Crippen LogP contribution >= 0.6 is 0 Å². The number of nitrogens with one attached hydrogen (secondary N) is 1. The number of hydrogen-bond donors (Lipinski definition) is 1. The van der Waals surface area contributed by atoms with Gasteiger partial charge >= 0.3 is 5.69 Å². The Kier molecular flexibility index (Phi) is 3.00. The molecule has 0 atom stereocenters. The van der Waals surface area contributed by atoms with E-state index in [1.807, 2.05) is 0 Å². The van der Waals surface area contributed by atoms with Crippen LogP contribution in [0.2, 0.25) is 0 Å². The van der Waals surface area contributed by atoms with Crippen molar-refractivity contribution >= 4 is 11.5 Å². The maximum Gasteiger partial charge on any atom is 0.311 e. The van der Waals surface area contributed by atoms with E-state index in [2.05, 4.69) is 10.3 Å². The van der Waals surface area contributed by atoms with Gasteiger partial charge in [0.05, 0.1) is 12.0 Å². The molecule has 0 aromatic carbocycles. The topological polar surface area (TPSA) is 77.3 Å². The van der Waals surface area contributed by atoms with Gasteiger partial charge in [-0.3, -0.25) is 10.1 Å². The lowest BCUT2D eigenvalue weighted by Gasteiger charge is -2.18. The van der Waals surface area contributed by atoms with Crippen LogP contribution in [0.4, 0.5) is 11.5 Å². The molecule has 2 fully saturated rings. The lowest BCUT2D eigenvalue weighted by Crippen LogP contribution is -2.25. The van der Waals surface area contributed by atoms with Crippen LogP contribution in [0.1, 0.15) is 25.7 Å². The number of pyridine rings is 1. The van der Waals surface area contributed by atoms with Crippen molar-refractivity contribution < 1.29 is 9.66 Å². The Balaban J connectivity index is 1.86. The quantitative estimate of drug-likeness (QED) is 0.630. The molecular formula is C13H17N3O3. The zero-order chi connectivity index (χ0) is 13.4. The molecule has 0 amide bonds. The molecule has 2 aliphatic rings. The molecule has 1 heterocycles. The number of nitro groups is 1. The number of rotatable bonds is 6. The predicted molar refractivity (Wildman–Crippen MR) is 70.3 cm³/mol. The highest BCUT2D eigenvalue weighted by atomic mass is 16.6. The van der Waals surface area contributed by atoms with E-state index in [1.165, 1.54) is 44.9 Å². The third-order valence-corrected chi connectivity index (χ3v) is 3.82. The average molecular weight is 263 g/mol. The van der Waals surface area contributed by atoms with E-state index in [0.29, 0.717) is 29.6 Å². The third-order valence-electron chi connectivity index (χ3n) is 3.82. The zero-order valence-corrected chi connectivity index (χ0v) is 10.8. The van der Waals surface area contributed by atoms with Crippen molar-refractivity contribution in [3.05, 3.63) is 22.2 Å². The predicted octanol–water partition coefficient (Wildman–Crippen LogP) is 2.60. The molecule has 0 spiro atoms. The van der Waals surface area contributed by atoms with E-state index in [4.69, 9.17) is 4.74 Å². The molecule has 19 heavy (non-hydrogen) atoms. The Morgan fingerprint density at radius 3 is 2.47 bits per heavy atom. The van der Waals surface area contributed by atoms with Crippen LogP contribution in [0.25, 0.3) is 0 Å². The summed E-state index contributed by atoms with van der Waals surface area (Å²) < 4.78 is 5.05. The minimum Gasteiger partial charge on any atom is -0.481 e. The second kappa shape index (κ2) is 4.68. The van der Waals surface area contributed by atoms with Crippen molar-refractivity contribution in [3.63, 3.8) is 0 Å². The van der Waals surface area contributed by atoms with Crippen molar-refractivity contribution in [1.29, 1.82) is 0 Å². The minimum atomic E-state index is -0.397. The van der Waals surface area contributed by atoms with E-state index < -0.39 is 4.92 Å². The van der Waals surface area contributed by atoms with E-state index in [1.54, 1.807) is 0 Å². The number of anilines is 1. The number of hydrogen-bond acceptors (Lipinski definition) is 5. The first-order valence-corrected chi connectivity index (χ1v) is 6.65. The summed E-state index contributed by atoms with van der Waals surface area (Å²) in [6.45, 7) is 0. The normalized spacial score (nSPS) is 18.4. The van der Waals surface area contributed by atoms with Gasteiger partial charge < -0.3 is 10.1 Å². The summed E-state index contributed by atoms with van der Waals surface area (Å²) in [4.78, 5) is 14.9. The van der Waals surface area contributed by atoms with Crippen LogP contribution in [-0.4, -0.2) is 23.1 Å². The average Bonchev–Trinajstić information content (AvgIpc) is 3.28. The van der Waals surface area contributed by atoms with Gasteiger partial charge in [0.25, 0.3) is 0 Å². The Bertz CT molecular complexity index is 486. The number of methoxy groups -OCH3 is 1. The Morgan fingerprint density at radius 1 is 1.37 bits per heavy atom. The van der Waals surface area contributed by atoms with Crippen molar-refractivity contribution in [3.8, 4) is 5.88 Å². The molecule has 0 saturated heterocycles. The Morgan fingerprint density at radius 2 is 2.00 bits per heavy atom.